The van der Waals surface area contributed by atoms with Gasteiger partial charge < -0.3 is 5.32 Å². The van der Waals surface area contributed by atoms with Gasteiger partial charge >= 0.3 is 0 Å². The summed E-state index contributed by atoms with van der Waals surface area (Å²) in [5.41, 5.74) is 2.54. The van der Waals surface area contributed by atoms with E-state index in [0.29, 0.717) is 0 Å². The fraction of sp³-hybridized carbons (Fsp3) is 0.429. The molecule has 1 rings (SSSR count). The summed E-state index contributed by atoms with van der Waals surface area (Å²) in [6.07, 6.45) is 3.37. The van der Waals surface area contributed by atoms with Gasteiger partial charge in [0.2, 0.25) is 0 Å². The average molecular weight is 317 g/mol. The second kappa shape index (κ2) is 7.20. The van der Waals surface area contributed by atoms with Crippen LogP contribution in [0.2, 0.25) is 5.02 Å². The molecular formula is C14H19BrClN. The molecule has 1 aromatic rings. The van der Waals surface area contributed by atoms with E-state index in [4.69, 9.17) is 11.6 Å². The molecule has 3 heteroatoms. The summed E-state index contributed by atoms with van der Waals surface area (Å²) in [6, 6.07) is 6.34. The summed E-state index contributed by atoms with van der Waals surface area (Å²) in [7, 11) is 0. The molecule has 0 bridgehead atoms. The monoisotopic (exact) mass is 315 g/mol. The molecule has 0 aliphatic carbocycles. The molecule has 0 saturated heterocycles. The number of benzene rings is 1. The van der Waals surface area contributed by atoms with E-state index in [-0.39, 0.29) is 6.04 Å². The van der Waals surface area contributed by atoms with Crippen molar-refractivity contribution in [3.8, 4) is 0 Å². The smallest absolute Gasteiger partial charge is 0.0548 e. The summed E-state index contributed by atoms with van der Waals surface area (Å²) in [4.78, 5) is 0. The summed E-state index contributed by atoms with van der Waals surface area (Å²) < 4.78 is 0.946. The van der Waals surface area contributed by atoms with Gasteiger partial charge in [0.1, 0.15) is 0 Å². The van der Waals surface area contributed by atoms with Crippen LogP contribution in [0.3, 0.4) is 0 Å². The molecular weight excluding hydrogens is 298 g/mol. The molecule has 0 saturated carbocycles. The summed E-state index contributed by atoms with van der Waals surface area (Å²) in [5, 5.41) is 4.27. The van der Waals surface area contributed by atoms with Crippen molar-refractivity contribution in [2.24, 2.45) is 0 Å². The van der Waals surface area contributed by atoms with Crippen molar-refractivity contribution in [3.63, 3.8) is 0 Å². The molecule has 1 N–H and O–H groups in total. The Morgan fingerprint density at radius 1 is 1.47 bits per heavy atom. The highest BCUT2D eigenvalue weighted by atomic mass is 79.9. The molecule has 1 atom stereocenters. The second-order valence-electron chi connectivity index (χ2n) is 4.35. The number of nitrogens with one attached hydrogen (secondary N) is 1. The van der Waals surface area contributed by atoms with Crippen molar-refractivity contribution in [1.82, 2.24) is 5.32 Å². The topological polar surface area (TPSA) is 12.0 Å². The number of rotatable bonds is 5. The van der Waals surface area contributed by atoms with E-state index in [2.05, 4.69) is 60.2 Å². The van der Waals surface area contributed by atoms with Gasteiger partial charge in [-0.05, 0) is 60.4 Å². The van der Waals surface area contributed by atoms with Crippen molar-refractivity contribution in [2.75, 3.05) is 6.54 Å². The third kappa shape index (κ3) is 4.82. The fourth-order valence-corrected chi connectivity index (χ4v) is 2.13. The standard InChI is InChI=1S/C14H19BrClN/c1-4-7-17-14(8-10(2)3)11-5-6-13(16)12(15)9-11/h5-6,8-9,14,17H,4,7H2,1-3H3. The molecule has 94 valence electrons. The molecule has 0 aliphatic rings. The minimum absolute atomic E-state index is 0.258. The van der Waals surface area contributed by atoms with Crippen molar-refractivity contribution < 1.29 is 0 Å². The Hall–Kier alpha value is -0.310. The van der Waals surface area contributed by atoms with Gasteiger partial charge in [-0.2, -0.15) is 0 Å². The van der Waals surface area contributed by atoms with E-state index in [1.165, 1.54) is 11.1 Å². The molecule has 0 fully saturated rings. The predicted octanol–water partition coefficient (Wildman–Crippen LogP) is 5.11. The van der Waals surface area contributed by atoms with Gasteiger partial charge in [0.25, 0.3) is 0 Å². The lowest BCUT2D eigenvalue weighted by Crippen LogP contribution is -2.20. The van der Waals surface area contributed by atoms with Gasteiger partial charge in [0, 0.05) is 4.47 Å². The third-order valence-corrected chi connectivity index (χ3v) is 3.63. The highest BCUT2D eigenvalue weighted by Crippen LogP contribution is 2.27. The lowest BCUT2D eigenvalue weighted by atomic mass is 10.0. The Balaban J connectivity index is 2.95. The maximum atomic E-state index is 6.01. The predicted molar refractivity (Wildman–Crippen MR) is 79.6 cm³/mol. The van der Waals surface area contributed by atoms with Crippen LogP contribution in [0.4, 0.5) is 0 Å². The Kier molecular flexibility index (Phi) is 6.24. The molecule has 1 aromatic carbocycles. The molecule has 17 heavy (non-hydrogen) atoms. The van der Waals surface area contributed by atoms with Crippen molar-refractivity contribution in [3.05, 3.63) is 44.9 Å². The molecule has 0 aromatic heterocycles. The highest BCUT2D eigenvalue weighted by Gasteiger charge is 2.09. The molecule has 0 amide bonds. The van der Waals surface area contributed by atoms with Crippen LogP contribution >= 0.6 is 27.5 Å². The fourth-order valence-electron chi connectivity index (χ4n) is 1.61. The minimum Gasteiger partial charge on any atom is -0.307 e. The average Bonchev–Trinajstić information content (AvgIpc) is 2.27. The Morgan fingerprint density at radius 3 is 2.71 bits per heavy atom. The third-order valence-electron chi connectivity index (χ3n) is 2.42. The van der Waals surface area contributed by atoms with E-state index in [9.17, 15) is 0 Å². The second-order valence-corrected chi connectivity index (χ2v) is 5.61. The van der Waals surface area contributed by atoms with Crippen molar-refractivity contribution in [2.45, 2.75) is 33.2 Å². The Bertz CT molecular complexity index is 397. The molecule has 0 heterocycles. The van der Waals surface area contributed by atoms with Gasteiger partial charge in [0.05, 0.1) is 11.1 Å². The molecule has 1 unspecified atom stereocenters. The summed E-state index contributed by atoms with van der Waals surface area (Å²) in [5.74, 6) is 0. The lowest BCUT2D eigenvalue weighted by Gasteiger charge is -2.16. The lowest BCUT2D eigenvalue weighted by molar-refractivity contribution is 0.610. The van der Waals surface area contributed by atoms with Crippen LogP contribution < -0.4 is 5.32 Å². The highest BCUT2D eigenvalue weighted by molar-refractivity contribution is 9.10. The van der Waals surface area contributed by atoms with Crippen LogP contribution in [-0.2, 0) is 0 Å². The van der Waals surface area contributed by atoms with Gasteiger partial charge in [-0.25, -0.2) is 0 Å². The van der Waals surface area contributed by atoms with Crippen LogP contribution in [0.5, 0.6) is 0 Å². The Labute approximate surface area is 117 Å². The first kappa shape index (κ1) is 14.7. The van der Waals surface area contributed by atoms with E-state index >= 15 is 0 Å². The van der Waals surface area contributed by atoms with E-state index in [0.717, 1.165) is 22.5 Å². The maximum Gasteiger partial charge on any atom is 0.0548 e. The quantitative estimate of drug-likeness (QED) is 0.744. The zero-order chi connectivity index (χ0) is 12.8. The maximum absolute atomic E-state index is 6.01. The van der Waals surface area contributed by atoms with Crippen LogP contribution in [-0.4, -0.2) is 6.54 Å². The summed E-state index contributed by atoms with van der Waals surface area (Å²) >= 11 is 9.48. The van der Waals surface area contributed by atoms with Crippen LogP contribution in [0.25, 0.3) is 0 Å². The molecule has 1 nitrogen and oxygen atoms in total. The van der Waals surface area contributed by atoms with Crippen LogP contribution in [0.1, 0.15) is 38.8 Å². The normalized spacial score (nSPS) is 12.3. The van der Waals surface area contributed by atoms with Crippen molar-refractivity contribution in [1.29, 1.82) is 0 Å². The van der Waals surface area contributed by atoms with Crippen LogP contribution in [0.15, 0.2) is 34.3 Å². The van der Waals surface area contributed by atoms with E-state index < -0.39 is 0 Å². The molecule has 0 aliphatic heterocycles. The van der Waals surface area contributed by atoms with Gasteiger partial charge in [-0.1, -0.05) is 36.2 Å². The van der Waals surface area contributed by atoms with Crippen molar-refractivity contribution >= 4 is 27.5 Å². The first-order valence-corrected chi connectivity index (χ1v) is 7.05. The number of halogens is 2. The zero-order valence-electron chi connectivity index (χ0n) is 10.6. The van der Waals surface area contributed by atoms with Crippen LogP contribution in [0, 0.1) is 0 Å². The first-order valence-electron chi connectivity index (χ1n) is 5.88. The Morgan fingerprint density at radius 2 is 2.18 bits per heavy atom. The van der Waals surface area contributed by atoms with E-state index in [1.807, 2.05) is 6.07 Å². The van der Waals surface area contributed by atoms with Gasteiger partial charge in [-0.3, -0.25) is 0 Å². The molecule has 0 radical (unpaired) electrons. The first-order chi connectivity index (χ1) is 8.04. The minimum atomic E-state index is 0.258. The number of hydrogen-bond donors (Lipinski definition) is 1. The van der Waals surface area contributed by atoms with Gasteiger partial charge in [0.15, 0.2) is 0 Å². The zero-order valence-corrected chi connectivity index (χ0v) is 12.9. The SMILES string of the molecule is CCCNC(C=C(C)C)c1ccc(Cl)c(Br)c1. The summed E-state index contributed by atoms with van der Waals surface area (Å²) in [6.45, 7) is 7.41. The van der Waals surface area contributed by atoms with E-state index in [1.54, 1.807) is 0 Å². The number of hydrogen-bond acceptors (Lipinski definition) is 1. The number of allylic oxidation sites excluding steroid dienone is 1. The largest absolute Gasteiger partial charge is 0.307 e. The van der Waals surface area contributed by atoms with Gasteiger partial charge in [-0.15, -0.1) is 0 Å². The molecule has 0 spiro atoms.